The number of hydrogen-bond acceptors (Lipinski definition) is 5. The van der Waals surface area contributed by atoms with E-state index in [1.165, 1.54) is 24.3 Å². The van der Waals surface area contributed by atoms with Crippen molar-refractivity contribution in [1.29, 1.82) is 0 Å². The predicted octanol–water partition coefficient (Wildman–Crippen LogP) is 2.08. The molecule has 0 aliphatic carbocycles. The van der Waals surface area contributed by atoms with Gasteiger partial charge >= 0.3 is 5.97 Å². The first kappa shape index (κ1) is 17.0. The van der Waals surface area contributed by atoms with Gasteiger partial charge in [0, 0.05) is 22.8 Å². The molecule has 7 heteroatoms. The lowest BCUT2D eigenvalue weighted by Gasteiger charge is -2.28. The Bertz CT molecular complexity index is 820. The van der Waals surface area contributed by atoms with Gasteiger partial charge in [-0.3, -0.25) is 9.59 Å². The van der Waals surface area contributed by atoms with E-state index in [0.717, 1.165) is 16.3 Å². The van der Waals surface area contributed by atoms with E-state index < -0.39 is 11.9 Å². The second kappa shape index (κ2) is 7.40. The van der Waals surface area contributed by atoms with Crippen LogP contribution in [0.4, 0.5) is 5.69 Å². The van der Waals surface area contributed by atoms with Gasteiger partial charge in [0.15, 0.2) is 6.61 Å². The molecule has 1 aliphatic heterocycles. The van der Waals surface area contributed by atoms with Gasteiger partial charge in [0.05, 0.1) is 11.3 Å². The van der Waals surface area contributed by atoms with Crippen LogP contribution in [-0.4, -0.2) is 36.7 Å². The first-order valence-corrected chi connectivity index (χ1v) is 8.64. The number of para-hydroxylation sites is 1. The number of carbonyl (C=O) groups excluding carboxylic acids is 3. The SMILES string of the molecule is NC(=O)c1ccc(C(=O)OCC(=O)N2CCSc3ccccc32)cc1. The van der Waals surface area contributed by atoms with E-state index in [1.807, 2.05) is 24.3 Å². The maximum Gasteiger partial charge on any atom is 0.338 e. The van der Waals surface area contributed by atoms with Gasteiger partial charge in [-0.1, -0.05) is 12.1 Å². The van der Waals surface area contributed by atoms with Crippen molar-refractivity contribution in [2.45, 2.75) is 4.90 Å². The molecule has 0 saturated heterocycles. The molecule has 25 heavy (non-hydrogen) atoms. The zero-order valence-electron chi connectivity index (χ0n) is 13.3. The van der Waals surface area contributed by atoms with Gasteiger partial charge in [0.2, 0.25) is 5.91 Å². The summed E-state index contributed by atoms with van der Waals surface area (Å²) in [6, 6.07) is 13.4. The van der Waals surface area contributed by atoms with Gasteiger partial charge in [-0.2, -0.15) is 0 Å². The maximum atomic E-state index is 12.4. The molecule has 0 spiro atoms. The maximum absolute atomic E-state index is 12.4. The fourth-order valence-corrected chi connectivity index (χ4v) is 3.48. The number of esters is 1. The third-order valence-electron chi connectivity index (χ3n) is 3.76. The van der Waals surface area contributed by atoms with Gasteiger partial charge < -0.3 is 15.4 Å². The Labute approximate surface area is 148 Å². The number of thioether (sulfide) groups is 1. The molecule has 2 aromatic carbocycles. The third-order valence-corrected chi connectivity index (χ3v) is 4.80. The van der Waals surface area contributed by atoms with E-state index >= 15 is 0 Å². The van der Waals surface area contributed by atoms with E-state index in [2.05, 4.69) is 0 Å². The molecule has 0 aromatic heterocycles. The van der Waals surface area contributed by atoms with Crippen molar-refractivity contribution >= 4 is 35.2 Å². The monoisotopic (exact) mass is 356 g/mol. The minimum absolute atomic E-state index is 0.257. The smallest absolute Gasteiger partial charge is 0.338 e. The molecule has 0 radical (unpaired) electrons. The zero-order valence-corrected chi connectivity index (χ0v) is 14.1. The molecule has 128 valence electrons. The van der Waals surface area contributed by atoms with Crippen LogP contribution in [0.1, 0.15) is 20.7 Å². The van der Waals surface area contributed by atoms with Crippen molar-refractivity contribution in [2.24, 2.45) is 5.73 Å². The highest BCUT2D eigenvalue weighted by Crippen LogP contribution is 2.34. The van der Waals surface area contributed by atoms with Gasteiger partial charge in [-0.05, 0) is 36.4 Å². The second-order valence-corrected chi connectivity index (χ2v) is 6.52. The van der Waals surface area contributed by atoms with Gasteiger partial charge in [0.1, 0.15) is 0 Å². The summed E-state index contributed by atoms with van der Waals surface area (Å²) >= 11 is 1.70. The molecule has 0 fully saturated rings. The highest BCUT2D eigenvalue weighted by atomic mass is 32.2. The van der Waals surface area contributed by atoms with Crippen molar-refractivity contribution < 1.29 is 19.1 Å². The topological polar surface area (TPSA) is 89.7 Å². The van der Waals surface area contributed by atoms with Crippen molar-refractivity contribution in [3.8, 4) is 0 Å². The number of primary amides is 1. The fourth-order valence-electron chi connectivity index (χ4n) is 2.49. The number of ether oxygens (including phenoxy) is 1. The summed E-state index contributed by atoms with van der Waals surface area (Å²) in [5.74, 6) is -0.665. The summed E-state index contributed by atoms with van der Waals surface area (Å²) in [5.41, 5.74) is 6.55. The average molecular weight is 356 g/mol. The summed E-state index contributed by atoms with van der Waals surface area (Å²) in [7, 11) is 0. The normalized spacial score (nSPS) is 13.0. The first-order valence-electron chi connectivity index (χ1n) is 7.65. The van der Waals surface area contributed by atoms with E-state index in [9.17, 15) is 14.4 Å². The molecular weight excluding hydrogens is 340 g/mol. The number of fused-ring (bicyclic) bond motifs is 1. The lowest BCUT2D eigenvalue weighted by molar-refractivity contribution is -0.121. The van der Waals surface area contributed by atoms with Gasteiger partial charge in [-0.25, -0.2) is 4.79 Å². The summed E-state index contributed by atoms with van der Waals surface area (Å²) in [6.07, 6.45) is 0. The molecule has 0 unspecified atom stereocenters. The number of anilines is 1. The highest BCUT2D eigenvalue weighted by Gasteiger charge is 2.23. The van der Waals surface area contributed by atoms with E-state index in [0.29, 0.717) is 12.1 Å². The number of hydrogen-bond donors (Lipinski definition) is 1. The van der Waals surface area contributed by atoms with Crippen LogP contribution in [-0.2, 0) is 9.53 Å². The van der Waals surface area contributed by atoms with Crippen LogP contribution in [0, 0.1) is 0 Å². The van der Waals surface area contributed by atoms with Gasteiger partial charge in [-0.15, -0.1) is 11.8 Å². The van der Waals surface area contributed by atoms with Gasteiger partial charge in [0.25, 0.3) is 5.91 Å². The Balaban J connectivity index is 1.63. The number of benzene rings is 2. The first-order chi connectivity index (χ1) is 12.1. The zero-order chi connectivity index (χ0) is 17.8. The lowest BCUT2D eigenvalue weighted by Crippen LogP contribution is -2.38. The number of rotatable bonds is 4. The molecule has 6 nitrogen and oxygen atoms in total. The number of nitrogens with two attached hydrogens (primary N) is 1. The Hall–Kier alpha value is -2.80. The van der Waals surface area contributed by atoms with Crippen LogP contribution >= 0.6 is 11.8 Å². The number of carbonyl (C=O) groups is 3. The summed E-state index contributed by atoms with van der Waals surface area (Å²) in [6.45, 7) is 0.237. The molecule has 3 rings (SSSR count). The standard InChI is InChI=1S/C18H16N2O4S/c19-17(22)12-5-7-13(8-6-12)18(23)24-11-16(21)20-9-10-25-15-4-2-1-3-14(15)20/h1-8H,9-11H2,(H2,19,22). The van der Waals surface area contributed by atoms with Crippen LogP contribution < -0.4 is 10.6 Å². The van der Waals surface area contributed by atoms with Crippen LogP contribution in [0.5, 0.6) is 0 Å². The Morgan fingerprint density at radius 1 is 1.04 bits per heavy atom. The minimum Gasteiger partial charge on any atom is -0.452 e. The summed E-state index contributed by atoms with van der Waals surface area (Å²) < 4.78 is 5.11. The molecule has 2 aromatic rings. The minimum atomic E-state index is -0.621. The predicted molar refractivity (Wildman–Crippen MR) is 94.8 cm³/mol. The summed E-state index contributed by atoms with van der Waals surface area (Å²) in [4.78, 5) is 38.2. The molecule has 2 N–H and O–H groups in total. The molecule has 1 aliphatic rings. The molecule has 2 amide bonds. The van der Waals surface area contributed by atoms with Crippen LogP contribution in [0.25, 0.3) is 0 Å². The Kier molecular flexibility index (Phi) is 5.04. The molecule has 0 saturated carbocycles. The van der Waals surface area contributed by atoms with Crippen molar-refractivity contribution in [2.75, 3.05) is 23.8 Å². The van der Waals surface area contributed by atoms with Crippen LogP contribution in [0.2, 0.25) is 0 Å². The lowest BCUT2D eigenvalue weighted by atomic mass is 10.1. The van der Waals surface area contributed by atoms with Crippen molar-refractivity contribution in [1.82, 2.24) is 0 Å². The third kappa shape index (κ3) is 3.83. The Morgan fingerprint density at radius 3 is 2.44 bits per heavy atom. The Morgan fingerprint density at radius 2 is 1.72 bits per heavy atom. The quantitative estimate of drug-likeness (QED) is 0.847. The molecule has 1 heterocycles. The fraction of sp³-hybridized carbons (Fsp3) is 0.167. The van der Waals surface area contributed by atoms with Crippen molar-refractivity contribution in [3.05, 3.63) is 59.7 Å². The average Bonchev–Trinajstić information content (AvgIpc) is 2.65. The van der Waals surface area contributed by atoms with E-state index in [4.69, 9.17) is 10.5 Å². The number of amides is 2. The largest absolute Gasteiger partial charge is 0.452 e. The number of nitrogens with zero attached hydrogens (tertiary/aromatic N) is 1. The molecule has 0 atom stereocenters. The van der Waals surface area contributed by atoms with E-state index in [1.54, 1.807) is 16.7 Å². The highest BCUT2D eigenvalue weighted by molar-refractivity contribution is 7.99. The van der Waals surface area contributed by atoms with Crippen molar-refractivity contribution in [3.63, 3.8) is 0 Å². The second-order valence-electron chi connectivity index (χ2n) is 5.38. The summed E-state index contributed by atoms with van der Waals surface area (Å²) in [5, 5.41) is 0. The molecule has 0 bridgehead atoms. The van der Waals surface area contributed by atoms with Crippen LogP contribution in [0.15, 0.2) is 53.4 Å². The van der Waals surface area contributed by atoms with Crippen LogP contribution in [0.3, 0.4) is 0 Å². The van der Waals surface area contributed by atoms with E-state index in [-0.39, 0.29) is 18.1 Å². The molecular formula is C18H16N2O4S.